The molecule has 0 spiro atoms. The van der Waals surface area contributed by atoms with Gasteiger partial charge in [0.1, 0.15) is 6.54 Å². The zero-order valence-electron chi connectivity index (χ0n) is 21.0. The molecule has 4 rings (SSSR count). The molecule has 0 aliphatic carbocycles. The molecule has 0 aliphatic rings. The smallest absolute Gasteiger partial charge is 0.264 e. The Bertz CT molecular complexity index is 1620. The zero-order valence-corrected chi connectivity index (χ0v) is 23.3. The largest absolute Gasteiger partial charge is 0.316 e. The van der Waals surface area contributed by atoms with Gasteiger partial charge in [0.25, 0.3) is 15.9 Å². The highest BCUT2D eigenvalue weighted by Gasteiger charge is 2.27. The van der Waals surface area contributed by atoms with Gasteiger partial charge in [-0.3, -0.25) is 9.10 Å². The first-order valence-corrected chi connectivity index (χ1v) is 13.9. The van der Waals surface area contributed by atoms with Crippen LogP contribution in [0.2, 0.25) is 10.0 Å². The lowest BCUT2D eigenvalue weighted by atomic mass is 10.2. The van der Waals surface area contributed by atoms with Crippen LogP contribution >= 0.6 is 23.2 Å². The molecule has 1 heterocycles. The molecular formula is C28H26Cl2N4O3S. The maximum absolute atomic E-state index is 13.4. The van der Waals surface area contributed by atoms with Crippen LogP contribution < -0.4 is 9.73 Å². The number of aryl methyl sites for hydroxylation is 2. The summed E-state index contributed by atoms with van der Waals surface area (Å²) in [4.78, 5) is 13.0. The second-order valence-corrected chi connectivity index (χ2v) is 11.4. The van der Waals surface area contributed by atoms with Crippen molar-refractivity contribution in [1.82, 2.24) is 9.99 Å². The van der Waals surface area contributed by atoms with Crippen molar-refractivity contribution < 1.29 is 13.2 Å². The van der Waals surface area contributed by atoms with E-state index in [9.17, 15) is 13.2 Å². The average Bonchev–Trinajstić information content (AvgIpc) is 3.17. The minimum atomic E-state index is -4.00. The van der Waals surface area contributed by atoms with E-state index in [1.807, 2.05) is 37.5 Å². The predicted molar refractivity (Wildman–Crippen MR) is 153 cm³/mol. The van der Waals surface area contributed by atoms with E-state index in [-0.39, 0.29) is 4.90 Å². The van der Waals surface area contributed by atoms with Crippen molar-refractivity contribution in [2.24, 2.45) is 5.10 Å². The molecule has 1 N–H and O–H groups in total. The summed E-state index contributed by atoms with van der Waals surface area (Å²) in [5.74, 6) is -0.589. The number of anilines is 1. The molecule has 0 atom stereocenters. The maximum Gasteiger partial charge on any atom is 0.264 e. The Morgan fingerprint density at radius 3 is 2.42 bits per heavy atom. The summed E-state index contributed by atoms with van der Waals surface area (Å²) in [6.07, 6.45) is 1.51. The lowest BCUT2D eigenvalue weighted by Crippen LogP contribution is -2.39. The fourth-order valence-electron chi connectivity index (χ4n) is 4.10. The number of benzene rings is 3. The molecule has 0 radical (unpaired) electrons. The highest BCUT2D eigenvalue weighted by atomic mass is 35.5. The summed E-state index contributed by atoms with van der Waals surface area (Å²) in [5, 5.41) is 5.19. The highest BCUT2D eigenvalue weighted by Crippen LogP contribution is 2.29. The van der Waals surface area contributed by atoms with Gasteiger partial charge in [-0.05, 0) is 74.9 Å². The number of sulfonamides is 1. The molecule has 1 amide bonds. The van der Waals surface area contributed by atoms with Crippen molar-refractivity contribution in [2.45, 2.75) is 25.7 Å². The van der Waals surface area contributed by atoms with Gasteiger partial charge in [-0.1, -0.05) is 53.5 Å². The first-order chi connectivity index (χ1) is 18.1. The topological polar surface area (TPSA) is 83.8 Å². The number of carbonyl (C=O) groups excluding carboxylic acids is 1. The van der Waals surface area contributed by atoms with Crippen LogP contribution in [0.4, 0.5) is 5.69 Å². The summed E-state index contributed by atoms with van der Waals surface area (Å²) < 4.78 is 29.9. The van der Waals surface area contributed by atoms with Crippen LogP contribution in [-0.2, 0) is 14.8 Å². The minimum Gasteiger partial charge on any atom is -0.316 e. The number of hydrogen-bond donors (Lipinski definition) is 1. The van der Waals surface area contributed by atoms with Crippen LogP contribution in [0.3, 0.4) is 0 Å². The fraction of sp³-hybridized carbons (Fsp3) is 0.143. The molecule has 0 saturated carbocycles. The number of nitrogens with one attached hydrogen (secondary N) is 1. The van der Waals surface area contributed by atoms with E-state index in [1.54, 1.807) is 54.6 Å². The number of halogens is 2. The van der Waals surface area contributed by atoms with Crippen molar-refractivity contribution in [1.29, 1.82) is 0 Å². The SMILES string of the molecule is Cc1cccc(N(CC(=O)N/N=C\c2cc(C)n(-c3cc(Cl)ccc3Cl)c2C)S(=O)(=O)c2ccccc2)c1. The van der Waals surface area contributed by atoms with E-state index in [0.29, 0.717) is 15.7 Å². The second kappa shape index (κ2) is 11.4. The molecule has 0 aliphatic heterocycles. The molecular weight excluding hydrogens is 543 g/mol. The van der Waals surface area contributed by atoms with Crippen LogP contribution in [-0.4, -0.2) is 31.7 Å². The summed E-state index contributed by atoms with van der Waals surface area (Å²) in [5.41, 5.74) is 6.94. The van der Waals surface area contributed by atoms with Gasteiger partial charge in [0.05, 0.1) is 27.5 Å². The number of aromatic nitrogens is 1. The van der Waals surface area contributed by atoms with Gasteiger partial charge in [0.15, 0.2) is 0 Å². The standard InChI is InChI=1S/C28H26Cl2N4O3S/c1-19-8-7-9-24(14-19)33(38(36,37)25-10-5-4-6-11-25)18-28(35)32-31-17-22-15-20(2)34(21(22)3)27-16-23(29)12-13-26(27)30/h4-17H,18H2,1-3H3,(H,32,35)/b31-17-. The van der Waals surface area contributed by atoms with E-state index >= 15 is 0 Å². The van der Waals surface area contributed by atoms with E-state index in [0.717, 1.165) is 32.5 Å². The summed E-state index contributed by atoms with van der Waals surface area (Å²) >= 11 is 12.6. The van der Waals surface area contributed by atoms with Gasteiger partial charge in [-0.2, -0.15) is 5.10 Å². The number of nitrogens with zero attached hydrogens (tertiary/aromatic N) is 3. The lowest BCUT2D eigenvalue weighted by Gasteiger charge is -2.24. The van der Waals surface area contributed by atoms with E-state index < -0.39 is 22.5 Å². The fourth-order valence-corrected chi connectivity index (χ4v) is 5.91. The first-order valence-electron chi connectivity index (χ1n) is 11.7. The summed E-state index contributed by atoms with van der Waals surface area (Å²) in [7, 11) is -4.00. The second-order valence-electron chi connectivity index (χ2n) is 8.71. The van der Waals surface area contributed by atoms with Gasteiger partial charge in [-0.25, -0.2) is 13.8 Å². The van der Waals surface area contributed by atoms with Crippen LogP contribution in [0.1, 0.15) is 22.5 Å². The van der Waals surface area contributed by atoms with Crippen LogP contribution in [0.25, 0.3) is 5.69 Å². The van der Waals surface area contributed by atoms with Crippen LogP contribution in [0, 0.1) is 20.8 Å². The lowest BCUT2D eigenvalue weighted by molar-refractivity contribution is -0.119. The third-order valence-corrected chi connectivity index (χ3v) is 8.26. The Morgan fingerprint density at radius 2 is 1.71 bits per heavy atom. The molecule has 4 aromatic rings. The van der Waals surface area contributed by atoms with Crippen molar-refractivity contribution in [3.8, 4) is 5.69 Å². The number of hydrazone groups is 1. The maximum atomic E-state index is 13.4. The summed E-state index contributed by atoms with van der Waals surface area (Å²) in [6, 6.07) is 22.1. The van der Waals surface area contributed by atoms with E-state index in [2.05, 4.69) is 10.5 Å². The Labute approximate surface area is 232 Å². The molecule has 0 fully saturated rings. The molecule has 0 unspecified atom stereocenters. The third kappa shape index (κ3) is 5.93. The normalized spacial score (nSPS) is 11.6. The molecule has 7 nitrogen and oxygen atoms in total. The van der Waals surface area contributed by atoms with Crippen molar-refractivity contribution in [3.63, 3.8) is 0 Å². The molecule has 3 aromatic carbocycles. The number of rotatable bonds is 8. The Balaban J connectivity index is 1.56. The van der Waals surface area contributed by atoms with Gasteiger partial charge < -0.3 is 4.57 Å². The molecule has 0 bridgehead atoms. The van der Waals surface area contributed by atoms with Crippen molar-refractivity contribution in [3.05, 3.63) is 111 Å². The molecule has 10 heteroatoms. The minimum absolute atomic E-state index is 0.0879. The molecule has 196 valence electrons. The van der Waals surface area contributed by atoms with E-state index in [1.165, 1.54) is 18.3 Å². The molecule has 1 aromatic heterocycles. The Morgan fingerprint density at radius 1 is 0.974 bits per heavy atom. The van der Waals surface area contributed by atoms with Crippen LogP contribution in [0.15, 0.2) is 88.9 Å². The highest BCUT2D eigenvalue weighted by molar-refractivity contribution is 7.92. The zero-order chi connectivity index (χ0) is 27.4. The quantitative estimate of drug-likeness (QED) is 0.207. The molecule has 38 heavy (non-hydrogen) atoms. The predicted octanol–water partition coefficient (Wildman–Crippen LogP) is 6.05. The van der Waals surface area contributed by atoms with Gasteiger partial charge in [0.2, 0.25) is 0 Å². The summed E-state index contributed by atoms with van der Waals surface area (Å²) in [6.45, 7) is 5.23. The number of carbonyl (C=O) groups is 1. The Hall–Kier alpha value is -3.59. The number of hydrogen-bond acceptors (Lipinski definition) is 4. The monoisotopic (exact) mass is 568 g/mol. The van der Waals surface area contributed by atoms with Crippen molar-refractivity contribution >= 4 is 51.0 Å². The van der Waals surface area contributed by atoms with Crippen LogP contribution in [0.5, 0.6) is 0 Å². The average molecular weight is 570 g/mol. The van der Waals surface area contributed by atoms with Gasteiger partial charge in [-0.15, -0.1) is 0 Å². The van der Waals surface area contributed by atoms with E-state index in [4.69, 9.17) is 23.2 Å². The first kappa shape index (κ1) is 27.4. The molecule has 0 saturated heterocycles. The van der Waals surface area contributed by atoms with Gasteiger partial charge >= 0.3 is 0 Å². The van der Waals surface area contributed by atoms with Gasteiger partial charge in [0, 0.05) is 22.0 Å². The Kier molecular flexibility index (Phi) is 8.26. The number of amides is 1. The third-order valence-electron chi connectivity index (χ3n) is 5.92. The van der Waals surface area contributed by atoms with Crippen molar-refractivity contribution in [2.75, 3.05) is 10.8 Å².